The predicted molar refractivity (Wildman–Crippen MR) is 133 cm³/mol. The summed E-state index contributed by atoms with van der Waals surface area (Å²) in [6, 6.07) is 5.54. The smallest absolute Gasteiger partial charge is 0.343 e. The summed E-state index contributed by atoms with van der Waals surface area (Å²) in [6.07, 6.45) is 6.42. The molecule has 1 amide bonds. The van der Waals surface area contributed by atoms with Gasteiger partial charge < -0.3 is 9.32 Å². The average Bonchev–Trinajstić information content (AvgIpc) is 3.70. The van der Waals surface area contributed by atoms with Gasteiger partial charge in [0.15, 0.2) is 11.6 Å². The molecule has 37 heavy (non-hydrogen) atoms. The second-order valence-electron chi connectivity index (χ2n) is 10.2. The number of fused-ring (bicyclic) bond motifs is 3. The minimum absolute atomic E-state index is 0.141. The Morgan fingerprint density at radius 1 is 1.30 bits per heavy atom. The van der Waals surface area contributed by atoms with Crippen molar-refractivity contribution in [2.45, 2.75) is 57.8 Å². The molecule has 2 fully saturated rings. The summed E-state index contributed by atoms with van der Waals surface area (Å²) in [4.78, 5) is 37.7. The predicted octanol–water partition coefficient (Wildman–Crippen LogP) is 1.41. The van der Waals surface area contributed by atoms with Gasteiger partial charge in [-0.2, -0.15) is 10.1 Å². The topological polar surface area (TPSA) is 159 Å². The Morgan fingerprint density at radius 2 is 2.14 bits per heavy atom. The summed E-state index contributed by atoms with van der Waals surface area (Å²) in [5, 5.41) is 11.4. The number of carbonyl (C=O) groups excluding carboxylic acids is 1. The van der Waals surface area contributed by atoms with E-state index in [9.17, 15) is 9.59 Å². The van der Waals surface area contributed by atoms with Gasteiger partial charge in [0.05, 0.1) is 6.26 Å². The lowest BCUT2D eigenvalue weighted by molar-refractivity contribution is 0.0731. The molecule has 7 rings (SSSR count). The third-order valence-electron chi connectivity index (χ3n) is 7.34. The second-order valence-corrected chi connectivity index (χ2v) is 10.2. The van der Waals surface area contributed by atoms with Gasteiger partial charge in [-0.15, -0.1) is 0 Å². The molecule has 4 aromatic rings. The Morgan fingerprint density at radius 3 is 2.81 bits per heavy atom. The van der Waals surface area contributed by atoms with Crippen LogP contribution in [0, 0.1) is 12.8 Å². The molecular weight excluding hydrogens is 476 g/mol. The molecule has 5 heterocycles. The molecule has 4 N–H and O–H groups in total. The minimum atomic E-state index is -0.327. The lowest BCUT2D eigenvalue weighted by Crippen LogP contribution is -2.45. The maximum Gasteiger partial charge on any atom is 0.343 e. The molecule has 4 aromatic heterocycles. The van der Waals surface area contributed by atoms with Crippen LogP contribution < -0.4 is 16.5 Å². The lowest BCUT2D eigenvalue weighted by Gasteiger charge is -2.29. The fraction of sp³-hybridized carbons (Fsp3) is 0.458. The molecular formula is C24H28N10O3. The van der Waals surface area contributed by atoms with Crippen molar-refractivity contribution in [2.24, 2.45) is 16.8 Å². The van der Waals surface area contributed by atoms with E-state index in [1.807, 2.05) is 13.0 Å². The van der Waals surface area contributed by atoms with Crippen LogP contribution in [0.2, 0.25) is 0 Å². The van der Waals surface area contributed by atoms with Crippen molar-refractivity contribution in [3.05, 3.63) is 57.8 Å². The van der Waals surface area contributed by atoms with Gasteiger partial charge in [0.25, 0.3) is 5.91 Å². The number of hydrazine groups is 1. The Balaban J connectivity index is 1.24. The number of hydrogen-bond donors (Lipinski definition) is 3. The Hall–Kier alpha value is -4.13. The molecule has 192 valence electrons. The van der Waals surface area contributed by atoms with E-state index in [4.69, 9.17) is 20.2 Å². The van der Waals surface area contributed by atoms with Gasteiger partial charge in [0, 0.05) is 24.8 Å². The first kappa shape index (κ1) is 22.1. The summed E-state index contributed by atoms with van der Waals surface area (Å²) in [5.74, 6) is 8.53. The second kappa shape index (κ2) is 8.20. The van der Waals surface area contributed by atoms with Crippen LogP contribution >= 0.6 is 0 Å². The maximum atomic E-state index is 13.1. The van der Waals surface area contributed by atoms with Gasteiger partial charge in [-0.1, -0.05) is 12.8 Å². The van der Waals surface area contributed by atoms with E-state index in [0.29, 0.717) is 46.9 Å². The molecule has 0 aromatic carbocycles. The number of nitrogens with one attached hydrogen (secondary N) is 2. The summed E-state index contributed by atoms with van der Waals surface area (Å²) >= 11 is 0. The number of carbonyl (C=O) groups is 1. The number of hydrogen-bond acceptors (Lipinski definition) is 8. The monoisotopic (exact) mass is 504 g/mol. The van der Waals surface area contributed by atoms with Crippen LogP contribution in [-0.2, 0) is 6.54 Å². The van der Waals surface area contributed by atoms with Gasteiger partial charge in [0.1, 0.15) is 23.3 Å². The fourth-order valence-electron chi connectivity index (χ4n) is 5.07. The van der Waals surface area contributed by atoms with Crippen LogP contribution in [0.4, 0.5) is 5.82 Å². The van der Waals surface area contributed by atoms with E-state index in [2.05, 4.69) is 15.3 Å². The molecule has 1 aliphatic heterocycles. The van der Waals surface area contributed by atoms with Crippen molar-refractivity contribution >= 4 is 23.2 Å². The number of aliphatic imine (C=N–C) groups is 1. The highest BCUT2D eigenvalue weighted by Crippen LogP contribution is 2.38. The first-order chi connectivity index (χ1) is 18.0. The first-order valence-corrected chi connectivity index (χ1v) is 12.7. The molecule has 0 saturated heterocycles. The van der Waals surface area contributed by atoms with Crippen molar-refractivity contribution in [2.75, 3.05) is 11.6 Å². The van der Waals surface area contributed by atoms with E-state index in [1.165, 1.54) is 12.8 Å². The van der Waals surface area contributed by atoms with Gasteiger partial charge in [-0.3, -0.25) is 24.5 Å². The van der Waals surface area contributed by atoms with E-state index in [1.54, 1.807) is 37.4 Å². The maximum absolute atomic E-state index is 13.1. The minimum Gasteiger partial charge on any atom is -0.463 e. The average molecular weight is 505 g/mol. The van der Waals surface area contributed by atoms with Crippen LogP contribution in [0.25, 0.3) is 5.78 Å². The van der Waals surface area contributed by atoms with Crippen molar-refractivity contribution in [1.82, 2.24) is 34.3 Å². The summed E-state index contributed by atoms with van der Waals surface area (Å²) in [5.41, 5.74) is 2.07. The Labute approximate surface area is 210 Å². The van der Waals surface area contributed by atoms with E-state index in [0.717, 1.165) is 25.0 Å². The molecule has 2 saturated carbocycles. The number of nitrogens with zero attached hydrogens (tertiary/aromatic N) is 7. The first-order valence-electron chi connectivity index (χ1n) is 12.7. The molecule has 13 nitrogen and oxygen atoms in total. The molecule has 0 radical (unpaired) electrons. The number of rotatable bonds is 8. The number of aromatic nitrogens is 6. The molecule has 0 bridgehead atoms. The highest BCUT2D eigenvalue weighted by Gasteiger charge is 2.38. The van der Waals surface area contributed by atoms with Gasteiger partial charge >= 0.3 is 5.69 Å². The number of anilines is 1. The van der Waals surface area contributed by atoms with Crippen LogP contribution in [0.15, 0.2) is 38.7 Å². The molecule has 3 aliphatic rings. The van der Waals surface area contributed by atoms with Crippen molar-refractivity contribution in [1.29, 1.82) is 0 Å². The molecule has 1 atom stereocenters. The van der Waals surface area contributed by atoms with Crippen molar-refractivity contribution in [3.8, 4) is 0 Å². The summed E-state index contributed by atoms with van der Waals surface area (Å²) < 4.78 is 8.85. The summed E-state index contributed by atoms with van der Waals surface area (Å²) in [7, 11) is 0. The van der Waals surface area contributed by atoms with Gasteiger partial charge in [-0.05, 0) is 50.3 Å². The van der Waals surface area contributed by atoms with Crippen molar-refractivity contribution in [3.63, 3.8) is 0 Å². The number of furan rings is 1. The van der Waals surface area contributed by atoms with Crippen molar-refractivity contribution < 1.29 is 9.21 Å². The zero-order valence-electron chi connectivity index (χ0n) is 20.4. The largest absolute Gasteiger partial charge is 0.463 e. The van der Waals surface area contributed by atoms with E-state index < -0.39 is 0 Å². The molecule has 0 spiro atoms. The number of aromatic amines is 2. The Kier molecular flexibility index (Phi) is 4.90. The standard InChI is InChI=1S/C24H28N10O3/c1-13-11-16(29-28-13)22(35)31(15-6-7-15)8-9-32-23-27-21-20(34(23)30-24(32)36)19(17-3-2-10-37-17)26-18(33(21)25)12-14-4-5-14/h2-3,10-11,14-15,18H,4-9,12,25H2,1H3,(H,28,29)(H,30,36). The number of H-pyrrole nitrogens is 2. The van der Waals surface area contributed by atoms with Crippen LogP contribution in [0.1, 0.15) is 59.7 Å². The fourth-order valence-corrected chi connectivity index (χ4v) is 5.07. The third-order valence-corrected chi connectivity index (χ3v) is 7.34. The Bertz CT molecular complexity index is 1560. The molecule has 1 unspecified atom stereocenters. The zero-order valence-corrected chi connectivity index (χ0v) is 20.4. The quantitative estimate of drug-likeness (QED) is 0.306. The highest BCUT2D eigenvalue weighted by atomic mass is 16.3. The van der Waals surface area contributed by atoms with Gasteiger partial charge in [-0.25, -0.2) is 20.3 Å². The SMILES string of the molecule is Cc1cc(C(=O)N(CCn2c(=O)[nH]n3c4c(nc23)N(N)C(CC2CC2)N=C4c2ccco2)C2CC2)n[nH]1. The zero-order chi connectivity index (χ0) is 25.3. The number of amides is 1. The summed E-state index contributed by atoms with van der Waals surface area (Å²) in [6.45, 7) is 2.49. The molecule has 2 aliphatic carbocycles. The van der Waals surface area contributed by atoms with Crippen LogP contribution in [-0.4, -0.2) is 64.6 Å². The normalized spacial score (nSPS) is 19.4. The van der Waals surface area contributed by atoms with E-state index in [-0.39, 0.29) is 30.3 Å². The van der Waals surface area contributed by atoms with Crippen LogP contribution in [0.5, 0.6) is 0 Å². The lowest BCUT2D eigenvalue weighted by atomic mass is 10.1. The third kappa shape index (κ3) is 3.77. The number of aryl methyl sites for hydroxylation is 1. The van der Waals surface area contributed by atoms with Crippen LogP contribution in [0.3, 0.4) is 0 Å². The number of nitrogens with two attached hydrogens (primary N) is 1. The molecule has 13 heteroatoms. The highest BCUT2D eigenvalue weighted by molar-refractivity contribution is 6.14. The van der Waals surface area contributed by atoms with Gasteiger partial charge in [0.2, 0.25) is 5.78 Å². The number of imidazole rings is 1. The van der Waals surface area contributed by atoms with E-state index >= 15 is 0 Å².